The number of fused-ring (bicyclic) bond motifs is 2. The molecule has 2 saturated carbocycles. The van der Waals surface area contributed by atoms with E-state index in [1.165, 1.54) is 37.5 Å². The van der Waals surface area contributed by atoms with Crippen LogP contribution in [0, 0.1) is 64.9 Å². The van der Waals surface area contributed by atoms with E-state index in [1.54, 1.807) is 24.5 Å². The fraction of sp³-hybridized carbons (Fsp3) is 0.482. The molecule has 8 rings (SSSR count). The van der Waals surface area contributed by atoms with Gasteiger partial charge in [-0.25, -0.2) is 8.78 Å². The van der Waals surface area contributed by atoms with Crippen LogP contribution in [0.3, 0.4) is 0 Å². The molecule has 2 aromatic carbocycles. The van der Waals surface area contributed by atoms with Crippen LogP contribution in [0.1, 0.15) is 115 Å². The summed E-state index contributed by atoms with van der Waals surface area (Å²) in [6.07, 6.45) is 17.0. The Kier molecular flexibility index (Phi) is 26.1. The predicted octanol–water partition coefficient (Wildman–Crippen LogP) is 12.4. The molecule has 0 radical (unpaired) electrons. The third kappa shape index (κ3) is 13.9. The van der Waals surface area contributed by atoms with Crippen LogP contribution < -0.4 is 5.73 Å². The number of cyclic esters (lactones) is 2. The number of hydrogen-bond acceptors (Lipinski definition) is 8. The molecule has 12 heteroatoms. The number of aromatic nitrogens is 2. The molecule has 2 aromatic heterocycles. The summed E-state index contributed by atoms with van der Waals surface area (Å²) >= 11 is 0. The number of carbonyl (C=O) groups is 2. The van der Waals surface area contributed by atoms with E-state index in [9.17, 15) is 18.4 Å². The summed E-state index contributed by atoms with van der Waals surface area (Å²) in [5.74, 6) is 1.68. The van der Waals surface area contributed by atoms with Gasteiger partial charge in [-0.15, -0.1) is 0 Å². The smallest absolute Gasteiger partial charge is 0.326 e. The summed E-state index contributed by atoms with van der Waals surface area (Å²) < 4.78 is 38.1. The van der Waals surface area contributed by atoms with Crippen LogP contribution in [0.2, 0.25) is 0 Å². The number of halogens is 2. The Balaban J connectivity index is 0.00000115. The van der Waals surface area contributed by atoms with Crippen LogP contribution in [0.15, 0.2) is 97.3 Å². The van der Waals surface area contributed by atoms with Gasteiger partial charge in [-0.05, 0) is 122 Å². The summed E-state index contributed by atoms with van der Waals surface area (Å²) in [4.78, 5) is 42.5. The normalized spacial score (nSPS) is 28.5. The second-order valence-electron chi connectivity index (χ2n) is 17.6. The van der Waals surface area contributed by atoms with Crippen molar-refractivity contribution in [3.63, 3.8) is 0 Å². The van der Waals surface area contributed by atoms with Gasteiger partial charge in [-0.2, -0.15) is 6.92 Å². The Labute approximate surface area is 419 Å². The van der Waals surface area contributed by atoms with E-state index < -0.39 is 5.54 Å². The number of hydrogen-bond donors (Lipinski definition) is 1. The van der Waals surface area contributed by atoms with Gasteiger partial charge in [-0.1, -0.05) is 119 Å². The third-order valence-electron chi connectivity index (χ3n) is 13.8. The van der Waals surface area contributed by atoms with Crippen LogP contribution >= 0.6 is 0 Å². The van der Waals surface area contributed by atoms with Crippen molar-refractivity contribution in [2.75, 3.05) is 0 Å². The largest absolute Gasteiger partial charge is 0.542 e. The maximum atomic E-state index is 13.5. The predicted molar refractivity (Wildman–Crippen MR) is 270 cm³/mol. The van der Waals surface area contributed by atoms with Crippen molar-refractivity contribution in [3.05, 3.63) is 120 Å². The molecule has 68 heavy (non-hydrogen) atoms. The fourth-order valence-corrected chi connectivity index (χ4v) is 11.0. The van der Waals surface area contributed by atoms with E-state index in [2.05, 4.69) is 55.9 Å². The first-order valence-corrected chi connectivity index (χ1v) is 22.0. The van der Waals surface area contributed by atoms with E-state index in [4.69, 9.17) is 20.0 Å². The van der Waals surface area contributed by atoms with Crippen molar-refractivity contribution in [1.29, 1.82) is 0 Å². The number of allylic oxidation sites excluding steroid dienone is 2. The number of rotatable bonds is 8. The second kappa shape index (κ2) is 28.0. The minimum Gasteiger partial charge on any atom is -0.542 e. The number of nitrogens with two attached hydrogens (primary N) is 1. The van der Waals surface area contributed by atoms with Crippen LogP contribution in [-0.4, -0.2) is 51.4 Å². The Hall–Kier alpha value is -4.77. The number of pyridine rings is 2. The van der Waals surface area contributed by atoms with Crippen LogP contribution in [0.25, 0.3) is 34.4 Å². The molecule has 370 valence electrons. The average Bonchev–Trinajstić information content (AvgIpc) is 3.66. The van der Waals surface area contributed by atoms with E-state index >= 15 is 0 Å². The van der Waals surface area contributed by atoms with Crippen molar-refractivity contribution >= 4 is 30.4 Å². The topological polar surface area (TPSA) is 153 Å². The molecule has 4 N–H and O–H groups in total. The zero-order chi connectivity index (χ0) is 44.7. The summed E-state index contributed by atoms with van der Waals surface area (Å²) in [6, 6.07) is 20.8. The monoisotopic (exact) mass is 991 g/mol. The molecule has 4 fully saturated rings. The van der Waals surface area contributed by atoms with Gasteiger partial charge in [-0.3, -0.25) is 25.8 Å². The average molecular weight is 993 g/mol. The molecule has 4 heterocycles. The number of carbonyl (C=O) groups excluding carboxylic acids is 3. The zero-order valence-electron chi connectivity index (χ0n) is 38.0. The number of nitrogens with zero attached hydrogens (tertiary/aromatic N) is 2. The van der Waals surface area contributed by atoms with Crippen LogP contribution in [0.4, 0.5) is 8.78 Å². The molecule has 2 saturated heterocycles. The Morgan fingerprint density at radius 3 is 1.63 bits per heavy atom. The molecule has 2 aliphatic heterocycles. The van der Waals surface area contributed by atoms with E-state index in [-0.39, 0.29) is 114 Å². The molecular weight excluding hydrogens is 914 g/mol. The summed E-state index contributed by atoms with van der Waals surface area (Å²) in [5, 5.41) is 0. The second-order valence-corrected chi connectivity index (χ2v) is 17.6. The van der Waals surface area contributed by atoms with Gasteiger partial charge in [0.25, 0.3) is 0 Å². The van der Waals surface area contributed by atoms with E-state index in [1.807, 2.05) is 56.3 Å². The minimum absolute atomic E-state index is 0. The first kappa shape index (κ1) is 63.2. The van der Waals surface area contributed by atoms with Gasteiger partial charge < -0.3 is 25.5 Å². The van der Waals surface area contributed by atoms with Crippen molar-refractivity contribution in [1.82, 2.24) is 9.97 Å². The summed E-state index contributed by atoms with van der Waals surface area (Å²) in [5.41, 5.74) is 10.8. The molecule has 0 amide bonds. The summed E-state index contributed by atoms with van der Waals surface area (Å²) in [7, 11) is 0. The number of esters is 2. The first-order valence-electron chi connectivity index (χ1n) is 22.0. The SMILES string of the molecule is C.C.C.C.CC[C@H]1[C@H](/C=C/c2ccc(-c3cccc(F)c3)cn2)[C@@H]2[C@@H](C)OC(=O)[C@@H]2C[C@@H]1C.CC[C@H]1[C@H](/C=C/c2ccc(-c3cccc(F)c3)cn2)[C@@H]2[C@@H](C)OC(=O)[C@]2(N)C[C@@H]1C.C[C-]=O.O.[Zn]. The van der Waals surface area contributed by atoms with Crippen molar-refractivity contribution in [2.24, 2.45) is 59.0 Å². The minimum atomic E-state index is -0.909. The van der Waals surface area contributed by atoms with Crippen molar-refractivity contribution in [3.8, 4) is 22.3 Å². The van der Waals surface area contributed by atoms with Gasteiger partial charge in [0, 0.05) is 54.8 Å². The quantitative estimate of drug-likeness (QED) is 0.104. The van der Waals surface area contributed by atoms with E-state index in [0.29, 0.717) is 36.0 Å². The molecule has 12 atom stereocenters. The standard InChI is InChI=1S/C25H29FN2O2.C25H28FNO2.C2H3O.4CH4.H2O.Zn/c1-4-21-15(2)13-25(27)23(16(3)30-24(25)29)22(21)11-10-20-9-8-18(14-28-20)17-6-5-7-19(26)12-17;1-4-21-15(2)12-23-24(16(3)29-25(23)28)22(21)11-10-20-9-8-18(14-27-20)17-6-5-7-19(26)13-17;1-2-3;;;;;;/h5-12,14-16,21-23H,4,13,27H2,1-3H3;5-11,13-16,21-24H,4,12H2,1-3H3;1H3;4*1H4;1H2;/q;;-1;;;;;;/b2*11-10+;;;;;;;/t15-,16+,21+,22-,23-,25-;15-,16+,21+,22-,23+,24-;;;;;;;/m00......./s1. The molecule has 9 nitrogen and oxygen atoms in total. The Morgan fingerprint density at radius 2 is 1.19 bits per heavy atom. The summed E-state index contributed by atoms with van der Waals surface area (Å²) in [6.45, 7) is 14.2. The Bertz CT molecular complexity index is 2240. The molecule has 4 aromatic rings. The van der Waals surface area contributed by atoms with Gasteiger partial charge >= 0.3 is 11.9 Å². The molecule has 4 aliphatic rings. The third-order valence-corrected chi connectivity index (χ3v) is 13.8. The zero-order valence-corrected chi connectivity index (χ0v) is 41.0. The maximum absolute atomic E-state index is 13.5. The molecule has 2 aliphatic carbocycles. The van der Waals surface area contributed by atoms with Gasteiger partial charge in [0.05, 0.1) is 17.3 Å². The van der Waals surface area contributed by atoms with Gasteiger partial charge in [0.15, 0.2) is 0 Å². The molecule has 0 unspecified atom stereocenters. The van der Waals surface area contributed by atoms with Crippen LogP contribution in [0.5, 0.6) is 0 Å². The fourth-order valence-electron chi connectivity index (χ4n) is 11.0. The van der Waals surface area contributed by atoms with Crippen molar-refractivity contribution < 1.29 is 57.6 Å². The molecule has 0 bridgehead atoms. The van der Waals surface area contributed by atoms with Crippen molar-refractivity contribution in [2.45, 2.75) is 122 Å². The van der Waals surface area contributed by atoms with Gasteiger partial charge in [0.2, 0.25) is 0 Å². The van der Waals surface area contributed by atoms with Gasteiger partial charge in [0.1, 0.15) is 29.4 Å². The van der Waals surface area contributed by atoms with E-state index in [0.717, 1.165) is 52.9 Å². The maximum Gasteiger partial charge on any atom is 0.326 e. The van der Waals surface area contributed by atoms with Crippen LogP contribution in [-0.2, 0) is 43.3 Å². The first-order chi connectivity index (χ1) is 29.7. The molecule has 0 spiro atoms. The number of ether oxygens (including phenoxy) is 2. The number of benzene rings is 2. The Morgan fingerprint density at radius 1 is 0.721 bits per heavy atom. The molecular formula is C56H78F2N3O6Zn-.